The maximum absolute atomic E-state index is 11.3. The minimum Gasteiger partial charge on any atom is -0.465 e. The van der Waals surface area contributed by atoms with Crippen LogP contribution in [0.1, 0.15) is 13.8 Å². The van der Waals surface area contributed by atoms with Crippen molar-refractivity contribution in [1.29, 1.82) is 0 Å². The van der Waals surface area contributed by atoms with Gasteiger partial charge < -0.3 is 20.2 Å². The quantitative estimate of drug-likeness (QED) is 0.422. The Morgan fingerprint density at radius 3 is 2.56 bits per heavy atom. The number of rotatable bonds is 4. The highest BCUT2D eigenvalue weighted by Crippen LogP contribution is 2.37. The Morgan fingerprint density at radius 2 is 1.82 bits per heavy atom. The van der Waals surface area contributed by atoms with E-state index in [1.807, 2.05) is 36.4 Å². The molecule has 2 aromatic carbocycles. The fourth-order valence-corrected chi connectivity index (χ4v) is 4.63. The van der Waals surface area contributed by atoms with Gasteiger partial charge in [-0.25, -0.2) is 19.7 Å². The van der Waals surface area contributed by atoms with Crippen molar-refractivity contribution in [2.24, 2.45) is 0 Å². The number of fused-ring (bicyclic) bond motifs is 2. The minimum absolute atomic E-state index is 0.241. The van der Waals surface area contributed by atoms with Gasteiger partial charge in [-0.05, 0) is 37.4 Å². The molecule has 3 heterocycles. The summed E-state index contributed by atoms with van der Waals surface area (Å²) >= 11 is 6.85. The summed E-state index contributed by atoms with van der Waals surface area (Å²) in [6.07, 6.45) is 0.648. The number of hydrogen-bond acceptors (Lipinski definition) is 6. The molecule has 1 aliphatic heterocycles. The van der Waals surface area contributed by atoms with E-state index in [0.717, 1.165) is 44.6 Å². The standard InChI is InChI=1S/C25H25ClN6O2/c1-15(2)29-22-11-16-5-3-4-6-17(16)23(30-22)18-13-21-19(12-20(18)26)24(28-14-27-21)31-7-9-32(10-8-31)25(33)34/h3-6,11-15H,7-10H2,1-2H3,(H,29,30)(H,33,34). The second-order valence-corrected chi connectivity index (χ2v) is 9.09. The molecule has 1 saturated heterocycles. The molecule has 1 aliphatic rings. The van der Waals surface area contributed by atoms with Crippen molar-refractivity contribution in [3.05, 3.63) is 53.8 Å². The van der Waals surface area contributed by atoms with Gasteiger partial charge in [0.25, 0.3) is 0 Å². The molecule has 0 atom stereocenters. The zero-order valence-electron chi connectivity index (χ0n) is 19.0. The third kappa shape index (κ3) is 4.17. The van der Waals surface area contributed by atoms with E-state index in [-0.39, 0.29) is 6.04 Å². The lowest BCUT2D eigenvalue weighted by molar-refractivity contribution is 0.142. The maximum Gasteiger partial charge on any atom is 0.407 e. The lowest BCUT2D eigenvalue weighted by Gasteiger charge is -2.34. The molecular weight excluding hydrogens is 452 g/mol. The fraction of sp³-hybridized carbons (Fsp3) is 0.280. The number of carboxylic acid groups (broad SMARTS) is 1. The minimum atomic E-state index is -0.895. The van der Waals surface area contributed by atoms with Crippen molar-refractivity contribution in [2.45, 2.75) is 19.9 Å². The number of piperazine rings is 1. The Labute approximate surface area is 202 Å². The van der Waals surface area contributed by atoms with Gasteiger partial charge in [0.2, 0.25) is 0 Å². The summed E-state index contributed by atoms with van der Waals surface area (Å²) in [5.74, 6) is 1.55. The van der Waals surface area contributed by atoms with Crippen LogP contribution >= 0.6 is 11.6 Å². The predicted molar refractivity (Wildman–Crippen MR) is 136 cm³/mol. The highest BCUT2D eigenvalue weighted by molar-refractivity contribution is 6.34. The normalized spacial score (nSPS) is 14.2. The second-order valence-electron chi connectivity index (χ2n) is 8.68. The number of halogens is 1. The second kappa shape index (κ2) is 8.95. The van der Waals surface area contributed by atoms with Gasteiger partial charge in [0.15, 0.2) is 0 Å². The van der Waals surface area contributed by atoms with E-state index >= 15 is 0 Å². The maximum atomic E-state index is 11.3. The molecular formula is C25H25ClN6O2. The van der Waals surface area contributed by atoms with Gasteiger partial charge in [0, 0.05) is 48.6 Å². The number of carbonyl (C=O) groups is 1. The molecule has 1 amide bonds. The van der Waals surface area contributed by atoms with E-state index in [2.05, 4.69) is 40.1 Å². The molecule has 2 N–H and O–H groups in total. The molecule has 0 aliphatic carbocycles. The number of benzene rings is 2. The third-order valence-electron chi connectivity index (χ3n) is 5.98. The molecule has 34 heavy (non-hydrogen) atoms. The number of amides is 1. The van der Waals surface area contributed by atoms with Gasteiger partial charge in [-0.15, -0.1) is 0 Å². The smallest absolute Gasteiger partial charge is 0.407 e. The SMILES string of the molecule is CC(C)Nc1cc2ccccc2c(-c2cc3ncnc(N4CCN(C(=O)O)CC4)c3cc2Cl)n1. The van der Waals surface area contributed by atoms with Crippen molar-refractivity contribution < 1.29 is 9.90 Å². The highest BCUT2D eigenvalue weighted by Gasteiger charge is 2.23. The number of nitrogens with zero attached hydrogens (tertiary/aromatic N) is 5. The highest BCUT2D eigenvalue weighted by atomic mass is 35.5. The largest absolute Gasteiger partial charge is 0.465 e. The topological polar surface area (TPSA) is 94.5 Å². The lowest BCUT2D eigenvalue weighted by atomic mass is 10.0. The van der Waals surface area contributed by atoms with Gasteiger partial charge in [-0.3, -0.25) is 0 Å². The van der Waals surface area contributed by atoms with Crippen LogP contribution < -0.4 is 10.2 Å². The number of nitrogens with one attached hydrogen (secondary N) is 1. The molecule has 0 spiro atoms. The van der Waals surface area contributed by atoms with Gasteiger partial charge in [-0.1, -0.05) is 35.9 Å². The summed E-state index contributed by atoms with van der Waals surface area (Å²) in [6, 6.07) is 14.3. The molecule has 8 nitrogen and oxygen atoms in total. The molecule has 174 valence electrons. The first-order valence-electron chi connectivity index (χ1n) is 11.2. The number of aromatic nitrogens is 3. The van der Waals surface area contributed by atoms with Crippen molar-refractivity contribution in [1.82, 2.24) is 19.9 Å². The summed E-state index contributed by atoms with van der Waals surface area (Å²) in [5, 5.41) is 16.1. The summed E-state index contributed by atoms with van der Waals surface area (Å²) in [7, 11) is 0. The van der Waals surface area contributed by atoms with Crippen LogP contribution in [0.5, 0.6) is 0 Å². The molecule has 0 unspecified atom stereocenters. The van der Waals surface area contributed by atoms with E-state index in [9.17, 15) is 9.90 Å². The van der Waals surface area contributed by atoms with Crippen LogP contribution in [0, 0.1) is 0 Å². The lowest BCUT2D eigenvalue weighted by Crippen LogP contribution is -2.48. The zero-order valence-corrected chi connectivity index (χ0v) is 19.8. The zero-order chi connectivity index (χ0) is 23.8. The van der Waals surface area contributed by atoms with Crippen molar-refractivity contribution in [3.63, 3.8) is 0 Å². The van der Waals surface area contributed by atoms with Gasteiger partial charge in [-0.2, -0.15) is 0 Å². The average Bonchev–Trinajstić information content (AvgIpc) is 2.82. The number of hydrogen-bond donors (Lipinski definition) is 2. The molecule has 0 bridgehead atoms. The van der Waals surface area contributed by atoms with Gasteiger partial charge in [0.05, 0.1) is 16.2 Å². The van der Waals surface area contributed by atoms with Crippen LogP contribution in [0.4, 0.5) is 16.4 Å². The first kappa shape index (κ1) is 22.2. The Hall–Kier alpha value is -3.65. The van der Waals surface area contributed by atoms with Crippen LogP contribution in [0.25, 0.3) is 32.9 Å². The Morgan fingerprint density at radius 1 is 1.06 bits per heavy atom. The number of anilines is 2. The van der Waals surface area contributed by atoms with E-state index in [0.29, 0.717) is 31.2 Å². The van der Waals surface area contributed by atoms with Crippen LogP contribution in [0.15, 0.2) is 48.8 Å². The van der Waals surface area contributed by atoms with E-state index in [1.54, 1.807) is 6.33 Å². The number of pyridine rings is 1. The summed E-state index contributed by atoms with van der Waals surface area (Å²) in [4.78, 5) is 28.7. The predicted octanol–water partition coefficient (Wildman–Crippen LogP) is 5.12. The average molecular weight is 477 g/mol. The molecule has 4 aromatic rings. The Bertz CT molecular complexity index is 1380. The van der Waals surface area contributed by atoms with E-state index in [1.165, 1.54) is 4.90 Å². The first-order valence-corrected chi connectivity index (χ1v) is 11.6. The molecule has 2 aromatic heterocycles. The Kier molecular flexibility index (Phi) is 5.83. The van der Waals surface area contributed by atoms with Crippen molar-refractivity contribution >= 4 is 51.0 Å². The van der Waals surface area contributed by atoms with Gasteiger partial charge >= 0.3 is 6.09 Å². The summed E-state index contributed by atoms with van der Waals surface area (Å²) in [6.45, 7) is 6.14. The molecule has 0 saturated carbocycles. The van der Waals surface area contributed by atoms with Crippen LogP contribution in [0.3, 0.4) is 0 Å². The van der Waals surface area contributed by atoms with Crippen LogP contribution in [-0.4, -0.2) is 63.3 Å². The third-order valence-corrected chi connectivity index (χ3v) is 6.30. The van der Waals surface area contributed by atoms with Gasteiger partial charge in [0.1, 0.15) is 18.0 Å². The molecule has 0 radical (unpaired) electrons. The van der Waals surface area contributed by atoms with E-state index in [4.69, 9.17) is 16.6 Å². The van der Waals surface area contributed by atoms with Crippen molar-refractivity contribution in [3.8, 4) is 11.3 Å². The Balaban J connectivity index is 1.60. The van der Waals surface area contributed by atoms with Crippen molar-refractivity contribution in [2.75, 3.05) is 36.4 Å². The van der Waals surface area contributed by atoms with Crippen LogP contribution in [-0.2, 0) is 0 Å². The monoisotopic (exact) mass is 476 g/mol. The summed E-state index contributed by atoms with van der Waals surface area (Å²) in [5.41, 5.74) is 2.36. The molecule has 9 heteroatoms. The van der Waals surface area contributed by atoms with Crippen LogP contribution in [0.2, 0.25) is 5.02 Å². The van der Waals surface area contributed by atoms with E-state index < -0.39 is 6.09 Å². The summed E-state index contributed by atoms with van der Waals surface area (Å²) < 4.78 is 0. The molecule has 1 fully saturated rings. The fourth-order valence-electron chi connectivity index (χ4n) is 4.38. The first-order chi connectivity index (χ1) is 16.4. The molecule has 5 rings (SSSR count).